The molecule has 0 aliphatic heterocycles. The standard InChI is InChI=1S/C19H13BrN2O6/c20-14-4-5-16(28-10-17(23)24)12(7-14)6-13(9-21)18(25)22-15-3-1-2-11(8-15)19(26)27/h1-8H,10H2,(H,22,25)(H,23,24)(H,26,27)/b13-6-. The fourth-order valence-electron chi connectivity index (χ4n) is 2.14. The summed E-state index contributed by atoms with van der Waals surface area (Å²) in [5.74, 6) is -2.90. The number of hydrogen-bond acceptors (Lipinski definition) is 5. The summed E-state index contributed by atoms with van der Waals surface area (Å²) >= 11 is 3.26. The molecule has 0 aromatic heterocycles. The molecule has 9 heteroatoms. The molecule has 0 atom stereocenters. The van der Waals surface area contributed by atoms with Gasteiger partial charge in [-0.2, -0.15) is 5.26 Å². The van der Waals surface area contributed by atoms with Crippen molar-refractivity contribution in [1.29, 1.82) is 5.26 Å². The number of nitrogens with one attached hydrogen (secondary N) is 1. The number of halogens is 1. The first-order valence-electron chi connectivity index (χ1n) is 7.71. The molecule has 0 unspecified atom stereocenters. The molecule has 0 aliphatic carbocycles. The highest BCUT2D eigenvalue weighted by molar-refractivity contribution is 9.10. The third-order valence-corrected chi connectivity index (χ3v) is 3.85. The van der Waals surface area contributed by atoms with Gasteiger partial charge >= 0.3 is 11.9 Å². The van der Waals surface area contributed by atoms with Gasteiger partial charge in [-0.1, -0.05) is 22.0 Å². The van der Waals surface area contributed by atoms with E-state index >= 15 is 0 Å². The molecule has 0 saturated carbocycles. The first-order chi connectivity index (χ1) is 13.3. The monoisotopic (exact) mass is 444 g/mol. The van der Waals surface area contributed by atoms with Crippen molar-refractivity contribution in [2.24, 2.45) is 0 Å². The van der Waals surface area contributed by atoms with Gasteiger partial charge in [0.1, 0.15) is 17.4 Å². The first-order valence-corrected chi connectivity index (χ1v) is 8.50. The number of nitrogens with zero attached hydrogens (tertiary/aromatic N) is 1. The second-order valence-electron chi connectivity index (χ2n) is 5.37. The van der Waals surface area contributed by atoms with Crippen molar-refractivity contribution >= 4 is 45.5 Å². The van der Waals surface area contributed by atoms with Gasteiger partial charge in [0.25, 0.3) is 5.91 Å². The van der Waals surface area contributed by atoms with E-state index in [1.165, 1.54) is 36.4 Å². The minimum absolute atomic E-state index is 0.0170. The molecule has 0 spiro atoms. The van der Waals surface area contributed by atoms with Crippen molar-refractivity contribution in [3.05, 3.63) is 63.6 Å². The number of carboxylic acid groups (broad SMARTS) is 2. The smallest absolute Gasteiger partial charge is 0.341 e. The zero-order chi connectivity index (χ0) is 20.7. The van der Waals surface area contributed by atoms with Crippen LogP contribution in [0.1, 0.15) is 15.9 Å². The largest absolute Gasteiger partial charge is 0.481 e. The van der Waals surface area contributed by atoms with E-state index in [2.05, 4.69) is 21.2 Å². The number of rotatable bonds is 7. The third-order valence-electron chi connectivity index (χ3n) is 3.36. The second kappa shape index (κ2) is 9.34. The quantitative estimate of drug-likeness (QED) is 0.440. The molecule has 0 fully saturated rings. The number of carboxylic acids is 2. The fourth-order valence-corrected chi connectivity index (χ4v) is 2.51. The van der Waals surface area contributed by atoms with Gasteiger partial charge in [-0.3, -0.25) is 4.79 Å². The number of aromatic carboxylic acids is 1. The Bertz CT molecular complexity index is 1010. The van der Waals surface area contributed by atoms with Crippen LogP contribution in [0.15, 0.2) is 52.5 Å². The lowest BCUT2D eigenvalue weighted by atomic mass is 10.1. The molecule has 8 nitrogen and oxygen atoms in total. The normalized spacial score (nSPS) is 10.6. The number of carbonyl (C=O) groups is 3. The molecule has 0 radical (unpaired) electrons. The molecule has 2 rings (SSSR count). The number of ether oxygens (including phenoxy) is 1. The minimum Gasteiger partial charge on any atom is -0.481 e. The van der Waals surface area contributed by atoms with Crippen molar-refractivity contribution in [2.45, 2.75) is 0 Å². The van der Waals surface area contributed by atoms with Crippen molar-refractivity contribution in [3.63, 3.8) is 0 Å². The molecule has 28 heavy (non-hydrogen) atoms. The first kappa shape index (κ1) is 20.7. The van der Waals surface area contributed by atoms with Gasteiger partial charge in [0.15, 0.2) is 6.61 Å². The maximum atomic E-state index is 12.4. The number of nitriles is 1. The van der Waals surface area contributed by atoms with Gasteiger partial charge < -0.3 is 20.3 Å². The van der Waals surface area contributed by atoms with Crippen LogP contribution in [0.5, 0.6) is 5.75 Å². The van der Waals surface area contributed by atoms with Crippen LogP contribution in [-0.2, 0) is 9.59 Å². The third kappa shape index (κ3) is 5.69. The van der Waals surface area contributed by atoms with Gasteiger partial charge in [-0.15, -0.1) is 0 Å². The number of aliphatic carboxylic acids is 1. The summed E-state index contributed by atoms with van der Waals surface area (Å²) in [5.41, 5.74) is 0.236. The second-order valence-corrected chi connectivity index (χ2v) is 6.29. The molecule has 3 N–H and O–H groups in total. The van der Waals surface area contributed by atoms with E-state index in [0.29, 0.717) is 10.0 Å². The Kier molecular flexibility index (Phi) is 6.90. The molecular formula is C19H13BrN2O6. The van der Waals surface area contributed by atoms with Crippen LogP contribution in [0.2, 0.25) is 0 Å². The van der Waals surface area contributed by atoms with E-state index in [9.17, 15) is 19.6 Å². The van der Waals surface area contributed by atoms with E-state index in [0.717, 1.165) is 0 Å². The Hall–Kier alpha value is -3.64. The Balaban J connectivity index is 2.30. The molecular weight excluding hydrogens is 432 g/mol. The minimum atomic E-state index is -1.17. The zero-order valence-electron chi connectivity index (χ0n) is 14.2. The highest BCUT2D eigenvalue weighted by Crippen LogP contribution is 2.26. The van der Waals surface area contributed by atoms with E-state index in [-0.39, 0.29) is 22.6 Å². The van der Waals surface area contributed by atoms with E-state index in [4.69, 9.17) is 14.9 Å². The summed E-state index contributed by atoms with van der Waals surface area (Å²) in [6, 6.07) is 12.0. The summed E-state index contributed by atoms with van der Waals surface area (Å²) in [6.07, 6.45) is 1.25. The van der Waals surface area contributed by atoms with Gasteiger partial charge in [-0.05, 0) is 42.5 Å². The predicted octanol–water partition coefficient (Wildman–Crippen LogP) is 3.16. The molecule has 0 saturated heterocycles. The molecule has 2 aromatic carbocycles. The number of anilines is 1. The van der Waals surface area contributed by atoms with E-state index in [1.807, 2.05) is 0 Å². The number of carbonyl (C=O) groups excluding carboxylic acids is 1. The average Bonchev–Trinajstić information content (AvgIpc) is 2.65. The maximum Gasteiger partial charge on any atom is 0.341 e. The Morgan fingerprint density at radius 3 is 2.57 bits per heavy atom. The summed E-state index contributed by atoms with van der Waals surface area (Å²) in [5, 5.41) is 29.5. The Labute approximate surface area is 167 Å². The highest BCUT2D eigenvalue weighted by atomic mass is 79.9. The number of hydrogen-bond donors (Lipinski definition) is 3. The van der Waals surface area contributed by atoms with Gasteiger partial charge in [-0.25, -0.2) is 9.59 Å². The summed E-state index contributed by atoms with van der Waals surface area (Å²) < 4.78 is 5.80. The van der Waals surface area contributed by atoms with Gasteiger partial charge in [0, 0.05) is 15.7 Å². The molecule has 0 bridgehead atoms. The van der Waals surface area contributed by atoms with Crippen molar-refractivity contribution in [2.75, 3.05) is 11.9 Å². The van der Waals surface area contributed by atoms with Crippen molar-refractivity contribution in [3.8, 4) is 11.8 Å². The van der Waals surface area contributed by atoms with Crippen LogP contribution in [0.25, 0.3) is 6.08 Å². The fraction of sp³-hybridized carbons (Fsp3) is 0.0526. The van der Waals surface area contributed by atoms with Crippen LogP contribution in [0.4, 0.5) is 5.69 Å². The zero-order valence-corrected chi connectivity index (χ0v) is 15.8. The number of benzene rings is 2. The summed E-state index contributed by atoms with van der Waals surface area (Å²) in [4.78, 5) is 34.1. The summed E-state index contributed by atoms with van der Waals surface area (Å²) in [6.45, 7) is -0.585. The number of amides is 1. The molecule has 0 heterocycles. The molecule has 142 valence electrons. The maximum absolute atomic E-state index is 12.4. The predicted molar refractivity (Wildman–Crippen MR) is 103 cm³/mol. The van der Waals surface area contributed by atoms with Gasteiger partial charge in [0.2, 0.25) is 0 Å². The molecule has 1 amide bonds. The summed E-state index contributed by atoms with van der Waals surface area (Å²) in [7, 11) is 0. The Morgan fingerprint density at radius 2 is 1.93 bits per heavy atom. The Morgan fingerprint density at radius 1 is 1.18 bits per heavy atom. The van der Waals surface area contributed by atoms with Crippen LogP contribution < -0.4 is 10.1 Å². The van der Waals surface area contributed by atoms with Gasteiger partial charge in [0.05, 0.1) is 5.56 Å². The lowest BCUT2D eigenvalue weighted by molar-refractivity contribution is -0.139. The lowest BCUT2D eigenvalue weighted by Crippen LogP contribution is -2.14. The van der Waals surface area contributed by atoms with Crippen molar-refractivity contribution in [1.82, 2.24) is 0 Å². The lowest BCUT2D eigenvalue weighted by Gasteiger charge is -2.09. The molecule has 0 aliphatic rings. The van der Waals surface area contributed by atoms with E-state index in [1.54, 1.807) is 18.2 Å². The van der Waals surface area contributed by atoms with Crippen LogP contribution in [0, 0.1) is 11.3 Å². The van der Waals surface area contributed by atoms with Crippen LogP contribution in [0.3, 0.4) is 0 Å². The SMILES string of the molecule is N#C/C(=C/c1cc(Br)ccc1OCC(=O)O)C(=O)Nc1cccc(C(=O)O)c1. The van der Waals surface area contributed by atoms with Crippen LogP contribution in [-0.4, -0.2) is 34.7 Å². The van der Waals surface area contributed by atoms with E-state index < -0.39 is 24.5 Å². The van der Waals surface area contributed by atoms with Crippen LogP contribution >= 0.6 is 15.9 Å². The van der Waals surface area contributed by atoms with Crippen molar-refractivity contribution < 1.29 is 29.3 Å². The molecule has 2 aromatic rings. The average molecular weight is 445 g/mol. The topological polar surface area (TPSA) is 137 Å². The highest BCUT2D eigenvalue weighted by Gasteiger charge is 2.13.